The van der Waals surface area contributed by atoms with Crippen LogP contribution in [0, 0.1) is 0 Å². The minimum atomic E-state index is -0.301. The third-order valence-corrected chi connectivity index (χ3v) is 2.70. The van der Waals surface area contributed by atoms with Crippen LogP contribution in [0.4, 0.5) is 4.79 Å². The zero-order valence-corrected chi connectivity index (χ0v) is 11.4. The number of nitrogens with zero attached hydrogens (tertiary/aromatic N) is 1. The molecule has 0 bridgehead atoms. The third kappa shape index (κ3) is 3.70. The third-order valence-electron chi connectivity index (χ3n) is 2.70. The van der Waals surface area contributed by atoms with Crippen LogP contribution in [0.5, 0.6) is 0 Å². The lowest BCUT2D eigenvalue weighted by atomic mass is 9.96. The van der Waals surface area contributed by atoms with Crippen molar-refractivity contribution in [2.45, 2.75) is 52.1 Å². The Kier molecular flexibility index (Phi) is 3.81. The fourth-order valence-electron chi connectivity index (χ4n) is 2.39. The van der Waals surface area contributed by atoms with Crippen molar-refractivity contribution >= 4 is 11.9 Å². The van der Waals surface area contributed by atoms with E-state index in [1.807, 2.05) is 34.6 Å². The SMILES string of the molecule is CCNC(=O)N1CC(C)(C)NC(C)(C)CC1=O. The number of hydrogen-bond donors (Lipinski definition) is 2. The molecular weight excluding hydrogens is 218 g/mol. The Morgan fingerprint density at radius 1 is 1.35 bits per heavy atom. The van der Waals surface area contributed by atoms with Gasteiger partial charge >= 0.3 is 6.03 Å². The van der Waals surface area contributed by atoms with Gasteiger partial charge in [-0.1, -0.05) is 0 Å². The van der Waals surface area contributed by atoms with Gasteiger partial charge in [0.1, 0.15) is 0 Å². The van der Waals surface area contributed by atoms with Gasteiger partial charge in [-0.15, -0.1) is 0 Å². The van der Waals surface area contributed by atoms with Gasteiger partial charge in [0.15, 0.2) is 0 Å². The van der Waals surface area contributed by atoms with Gasteiger partial charge in [0, 0.05) is 30.6 Å². The van der Waals surface area contributed by atoms with Crippen molar-refractivity contribution in [1.82, 2.24) is 15.5 Å². The zero-order chi connectivity index (χ0) is 13.3. The highest BCUT2D eigenvalue weighted by atomic mass is 16.2. The molecule has 0 spiro atoms. The first-order chi connectivity index (χ1) is 7.67. The number of imide groups is 1. The minimum Gasteiger partial charge on any atom is -0.338 e. The molecule has 98 valence electrons. The van der Waals surface area contributed by atoms with Crippen molar-refractivity contribution in [3.05, 3.63) is 0 Å². The summed E-state index contributed by atoms with van der Waals surface area (Å²) in [5, 5.41) is 6.09. The summed E-state index contributed by atoms with van der Waals surface area (Å²) < 4.78 is 0. The molecule has 0 saturated carbocycles. The number of nitrogens with one attached hydrogen (secondary N) is 2. The first-order valence-electron chi connectivity index (χ1n) is 6.04. The molecule has 0 unspecified atom stereocenters. The number of rotatable bonds is 1. The lowest BCUT2D eigenvalue weighted by Gasteiger charge is -2.34. The van der Waals surface area contributed by atoms with Crippen molar-refractivity contribution in [2.24, 2.45) is 0 Å². The molecule has 1 aliphatic heterocycles. The monoisotopic (exact) mass is 241 g/mol. The molecular formula is C12H23N3O2. The van der Waals surface area contributed by atoms with Gasteiger partial charge in [0.2, 0.25) is 5.91 Å². The van der Waals surface area contributed by atoms with Gasteiger partial charge in [-0.3, -0.25) is 9.69 Å². The van der Waals surface area contributed by atoms with Crippen LogP contribution in [-0.4, -0.2) is 41.0 Å². The summed E-state index contributed by atoms with van der Waals surface area (Å²) in [6.07, 6.45) is 0.327. The van der Waals surface area contributed by atoms with Crippen LogP contribution < -0.4 is 10.6 Å². The van der Waals surface area contributed by atoms with E-state index in [1.165, 1.54) is 4.90 Å². The van der Waals surface area contributed by atoms with Crippen molar-refractivity contribution in [1.29, 1.82) is 0 Å². The summed E-state index contributed by atoms with van der Waals surface area (Å²) in [4.78, 5) is 25.2. The molecule has 2 N–H and O–H groups in total. The van der Waals surface area contributed by atoms with E-state index in [4.69, 9.17) is 0 Å². The predicted octanol–water partition coefficient (Wildman–Crippen LogP) is 1.09. The average Bonchev–Trinajstić information content (AvgIpc) is 2.18. The minimum absolute atomic E-state index is 0.126. The van der Waals surface area contributed by atoms with Crippen LogP contribution in [0.2, 0.25) is 0 Å². The molecule has 0 aromatic rings. The van der Waals surface area contributed by atoms with Crippen molar-refractivity contribution in [3.8, 4) is 0 Å². The Bertz CT molecular complexity index is 324. The molecule has 1 saturated heterocycles. The summed E-state index contributed by atoms with van der Waals surface area (Å²) in [7, 11) is 0. The molecule has 1 aliphatic rings. The van der Waals surface area contributed by atoms with E-state index in [0.29, 0.717) is 19.5 Å². The van der Waals surface area contributed by atoms with Crippen LogP contribution in [-0.2, 0) is 4.79 Å². The average molecular weight is 241 g/mol. The largest absolute Gasteiger partial charge is 0.338 e. The van der Waals surface area contributed by atoms with Gasteiger partial charge in [-0.05, 0) is 34.6 Å². The summed E-state index contributed by atoms with van der Waals surface area (Å²) >= 11 is 0. The molecule has 0 aromatic heterocycles. The van der Waals surface area contributed by atoms with E-state index >= 15 is 0 Å². The standard InChI is InChI=1S/C12H23N3O2/c1-6-13-10(17)15-8-12(4,5)14-11(2,3)7-9(15)16/h14H,6-8H2,1-5H3,(H,13,17). The van der Waals surface area contributed by atoms with Gasteiger partial charge in [0.25, 0.3) is 0 Å². The lowest BCUT2D eigenvalue weighted by Crippen LogP contribution is -2.54. The summed E-state index contributed by atoms with van der Waals surface area (Å²) in [5.41, 5.74) is -0.567. The molecule has 1 heterocycles. The van der Waals surface area contributed by atoms with Crippen LogP contribution in [0.15, 0.2) is 0 Å². The molecule has 5 nitrogen and oxygen atoms in total. The molecule has 0 atom stereocenters. The highest BCUT2D eigenvalue weighted by molar-refractivity contribution is 5.95. The van der Waals surface area contributed by atoms with Crippen molar-refractivity contribution in [3.63, 3.8) is 0 Å². The Morgan fingerprint density at radius 3 is 2.47 bits per heavy atom. The van der Waals surface area contributed by atoms with E-state index in [9.17, 15) is 9.59 Å². The number of carbonyl (C=O) groups is 2. The molecule has 5 heteroatoms. The lowest BCUT2D eigenvalue weighted by molar-refractivity contribution is -0.128. The van der Waals surface area contributed by atoms with Gasteiger partial charge in [-0.25, -0.2) is 4.79 Å². The first-order valence-corrected chi connectivity index (χ1v) is 6.04. The zero-order valence-electron chi connectivity index (χ0n) is 11.4. The Balaban J connectivity index is 2.92. The van der Waals surface area contributed by atoms with Crippen LogP contribution in [0.25, 0.3) is 0 Å². The number of hydrogen-bond acceptors (Lipinski definition) is 3. The van der Waals surface area contributed by atoms with Gasteiger partial charge in [0.05, 0.1) is 0 Å². The second kappa shape index (κ2) is 4.64. The van der Waals surface area contributed by atoms with Crippen molar-refractivity contribution < 1.29 is 9.59 Å². The molecule has 0 aromatic carbocycles. The quantitative estimate of drug-likeness (QED) is 0.722. The summed E-state index contributed by atoms with van der Waals surface area (Å²) in [6.45, 7) is 10.7. The Morgan fingerprint density at radius 2 is 1.94 bits per heavy atom. The highest BCUT2D eigenvalue weighted by Gasteiger charge is 2.39. The normalized spacial score (nSPS) is 23.1. The Hall–Kier alpha value is -1.10. The van der Waals surface area contributed by atoms with E-state index in [-0.39, 0.29) is 23.0 Å². The molecule has 3 amide bonds. The molecule has 1 rings (SSSR count). The van der Waals surface area contributed by atoms with Crippen LogP contribution in [0.1, 0.15) is 41.0 Å². The van der Waals surface area contributed by atoms with E-state index < -0.39 is 0 Å². The molecule has 0 aliphatic carbocycles. The summed E-state index contributed by atoms with van der Waals surface area (Å²) in [6, 6.07) is -0.301. The van der Waals surface area contributed by atoms with E-state index in [1.54, 1.807) is 0 Å². The number of amides is 3. The highest BCUT2D eigenvalue weighted by Crippen LogP contribution is 2.22. The van der Waals surface area contributed by atoms with Gasteiger partial charge in [-0.2, -0.15) is 0 Å². The second-order valence-electron chi connectivity index (χ2n) is 5.88. The fourth-order valence-corrected chi connectivity index (χ4v) is 2.39. The van der Waals surface area contributed by atoms with E-state index in [0.717, 1.165) is 0 Å². The Labute approximate surface area is 103 Å². The smallest absolute Gasteiger partial charge is 0.324 e. The van der Waals surface area contributed by atoms with Crippen molar-refractivity contribution in [2.75, 3.05) is 13.1 Å². The fraction of sp³-hybridized carbons (Fsp3) is 0.833. The van der Waals surface area contributed by atoms with Crippen LogP contribution in [0.3, 0.4) is 0 Å². The molecule has 17 heavy (non-hydrogen) atoms. The maximum absolute atomic E-state index is 12.1. The van der Waals surface area contributed by atoms with Crippen LogP contribution >= 0.6 is 0 Å². The predicted molar refractivity (Wildman–Crippen MR) is 66.7 cm³/mol. The molecule has 0 radical (unpaired) electrons. The van der Waals surface area contributed by atoms with Gasteiger partial charge < -0.3 is 10.6 Å². The second-order valence-corrected chi connectivity index (χ2v) is 5.88. The number of carbonyl (C=O) groups excluding carboxylic acids is 2. The summed E-state index contributed by atoms with van der Waals surface area (Å²) in [5.74, 6) is -0.126. The topological polar surface area (TPSA) is 61.4 Å². The first kappa shape index (κ1) is 14.0. The maximum Gasteiger partial charge on any atom is 0.324 e. The number of urea groups is 1. The molecule has 1 fully saturated rings. The maximum atomic E-state index is 12.1. The van der Waals surface area contributed by atoms with E-state index in [2.05, 4.69) is 10.6 Å².